The fourth-order valence-electron chi connectivity index (χ4n) is 3.42. The number of ether oxygens (including phenoxy) is 1. The van der Waals surface area contributed by atoms with Crippen LogP contribution in [0.4, 0.5) is 0 Å². The normalized spacial score (nSPS) is 15.8. The van der Waals surface area contributed by atoms with Gasteiger partial charge in [0.1, 0.15) is 5.75 Å². The van der Waals surface area contributed by atoms with E-state index in [9.17, 15) is 8.42 Å². The van der Waals surface area contributed by atoms with Crippen molar-refractivity contribution in [2.75, 3.05) is 32.8 Å². The van der Waals surface area contributed by atoms with Crippen LogP contribution in [-0.4, -0.2) is 60.2 Å². The molecule has 1 aliphatic rings. The zero-order chi connectivity index (χ0) is 21.8. The summed E-state index contributed by atoms with van der Waals surface area (Å²) in [5, 5.41) is 4.47. The van der Waals surface area contributed by atoms with E-state index in [1.807, 2.05) is 37.3 Å². The lowest BCUT2D eigenvalue weighted by atomic mass is 10.2. The first-order valence-electron chi connectivity index (χ1n) is 10.1. The Morgan fingerprint density at radius 3 is 2.35 bits per heavy atom. The second-order valence-electron chi connectivity index (χ2n) is 7.11. The van der Waals surface area contributed by atoms with Crippen LogP contribution in [0.25, 0.3) is 11.5 Å². The van der Waals surface area contributed by atoms with E-state index in [1.165, 1.54) is 4.31 Å². The largest absolute Gasteiger partial charge is 0.494 e. The smallest absolute Gasteiger partial charge is 0.288 e. The topological polar surface area (TPSA) is 80.8 Å². The predicted molar refractivity (Wildman–Crippen MR) is 119 cm³/mol. The van der Waals surface area contributed by atoms with Crippen molar-refractivity contribution < 1.29 is 17.6 Å². The van der Waals surface area contributed by atoms with Gasteiger partial charge in [-0.25, -0.2) is 13.1 Å². The number of rotatable bonds is 7. The minimum Gasteiger partial charge on any atom is -0.494 e. The number of nitrogens with zero attached hydrogens (tertiary/aromatic N) is 4. The van der Waals surface area contributed by atoms with Gasteiger partial charge in [-0.2, -0.15) is 4.31 Å². The molecule has 0 N–H and O–H groups in total. The van der Waals surface area contributed by atoms with Crippen LogP contribution in [0.5, 0.6) is 5.75 Å². The molecule has 0 radical (unpaired) electrons. The van der Waals surface area contributed by atoms with E-state index in [2.05, 4.69) is 10.00 Å². The minimum absolute atomic E-state index is 0.274. The number of sulfonamides is 1. The van der Waals surface area contributed by atoms with Crippen molar-refractivity contribution in [2.24, 2.45) is 0 Å². The van der Waals surface area contributed by atoms with Gasteiger partial charge in [-0.05, 0) is 55.5 Å². The molecular formula is C21H24N4O4S2. The summed E-state index contributed by atoms with van der Waals surface area (Å²) in [5.41, 5.74) is 0.860. The summed E-state index contributed by atoms with van der Waals surface area (Å²) >= 11 is 5.31. The first kappa shape index (κ1) is 21.7. The number of benzene rings is 2. The Bertz CT molecular complexity index is 1170. The zero-order valence-electron chi connectivity index (χ0n) is 17.2. The third kappa shape index (κ3) is 4.87. The minimum atomic E-state index is -3.54. The van der Waals surface area contributed by atoms with Gasteiger partial charge in [0.15, 0.2) is 0 Å². The summed E-state index contributed by atoms with van der Waals surface area (Å²) in [6.07, 6.45) is 0. The van der Waals surface area contributed by atoms with Crippen molar-refractivity contribution in [3.8, 4) is 17.2 Å². The Balaban J connectivity index is 1.39. The molecule has 0 atom stereocenters. The second kappa shape index (κ2) is 9.31. The summed E-state index contributed by atoms with van der Waals surface area (Å²) in [7, 11) is -3.54. The van der Waals surface area contributed by atoms with Crippen molar-refractivity contribution in [1.82, 2.24) is 19.0 Å². The summed E-state index contributed by atoms with van der Waals surface area (Å²) < 4.78 is 40.1. The van der Waals surface area contributed by atoms with E-state index in [0.29, 0.717) is 55.9 Å². The van der Waals surface area contributed by atoms with Crippen molar-refractivity contribution in [2.45, 2.75) is 18.5 Å². The Labute approximate surface area is 186 Å². The maximum atomic E-state index is 13.0. The summed E-state index contributed by atoms with van der Waals surface area (Å²) in [5.74, 6) is 1.13. The number of piperazine rings is 1. The molecule has 0 aliphatic carbocycles. The average molecular weight is 461 g/mol. The van der Waals surface area contributed by atoms with Gasteiger partial charge in [0, 0.05) is 31.7 Å². The fraction of sp³-hybridized carbons (Fsp3) is 0.333. The molecule has 8 nitrogen and oxygen atoms in total. The molecular weight excluding hydrogens is 436 g/mol. The molecule has 0 saturated carbocycles. The van der Waals surface area contributed by atoms with Crippen molar-refractivity contribution in [3.63, 3.8) is 0 Å². The monoisotopic (exact) mass is 460 g/mol. The number of hydrogen-bond donors (Lipinski definition) is 0. The average Bonchev–Trinajstić information content (AvgIpc) is 3.15. The van der Waals surface area contributed by atoms with Crippen molar-refractivity contribution in [1.29, 1.82) is 0 Å². The molecule has 164 valence electrons. The van der Waals surface area contributed by atoms with E-state index in [4.69, 9.17) is 21.4 Å². The van der Waals surface area contributed by atoms with Gasteiger partial charge in [0.2, 0.25) is 15.9 Å². The number of hydrogen-bond acceptors (Lipinski definition) is 7. The van der Waals surface area contributed by atoms with Crippen LogP contribution in [-0.2, 0) is 16.7 Å². The third-order valence-electron chi connectivity index (χ3n) is 5.06. The first-order valence-corrected chi connectivity index (χ1v) is 11.9. The predicted octanol–water partition coefficient (Wildman–Crippen LogP) is 3.24. The summed E-state index contributed by atoms with van der Waals surface area (Å²) in [6.45, 7) is 4.82. The van der Waals surface area contributed by atoms with E-state index in [0.717, 1.165) is 5.56 Å². The highest BCUT2D eigenvalue weighted by atomic mass is 32.2. The van der Waals surface area contributed by atoms with Gasteiger partial charge >= 0.3 is 0 Å². The van der Waals surface area contributed by atoms with Crippen LogP contribution in [0, 0.1) is 4.84 Å². The highest BCUT2D eigenvalue weighted by Crippen LogP contribution is 2.22. The molecule has 1 fully saturated rings. The second-order valence-corrected chi connectivity index (χ2v) is 9.39. The van der Waals surface area contributed by atoms with Crippen LogP contribution < -0.4 is 4.74 Å². The Kier molecular flexibility index (Phi) is 6.51. The lowest BCUT2D eigenvalue weighted by Gasteiger charge is -2.33. The Hall–Kier alpha value is -2.53. The zero-order valence-corrected chi connectivity index (χ0v) is 18.8. The Morgan fingerprint density at radius 2 is 1.71 bits per heavy atom. The van der Waals surface area contributed by atoms with Gasteiger partial charge in [0.25, 0.3) is 4.84 Å². The van der Waals surface area contributed by atoms with Crippen LogP contribution in [0.2, 0.25) is 0 Å². The van der Waals surface area contributed by atoms with Gasteiger partial charge < -0.3 is 9.15 Å². The molecule has 1 saturated heterocycles. The van der Waals surface area contributed by atoms with Crippen LogP contribution in [0.3, 0.4) is 0 Å². The highest BCUT2D eigenvalue weighted by molar-refractivity contribution is 7.89. The third-order valence-corrected chi connectivity index (χ3v) is 7.27. The number of aromatic nitrogens is 2. The quantitative estimate of drug-likeness (QED) is 0.501. The lowest BCUT2D eigenvalue weighted by molar-refractivity contribution is 0.143. The van der Waals surface area contributed by atoms with Gasteiger partial charge in [-0.15, -0.1) is 5.10 Å². The standard InChI is InChI=1S/C21H24N4O4S2/c1-2-28-18-8-10-19(11-9-18)31(26,27)24-14-12-23(13-15-24)16-25-21(30)29-20(22-25)17-6-4-3-5-7-17/h3-11H,2,12-16H2,1H3. The van der Waals surface area contributed by atoms with Crippen LogP contribution >= 0.6 is 12.2 Å². The first-order chi connectivity index (χ1) is 15.0. The molecule has 0 amide bonds. The molecule has 3 aromatic rings. The van der Waals surface area contributed by atoms with E-state index >= 15 is 0 Å². The lowest BCUT2D eigenvalue weighted by Crippen LogP contribution is -2.48. The van der Waals surface area contributed by atoms with Crippen LogP contribution in [0.15, 0.2) is 63.9 Å². The van der Waals surface area contributed by atoms with Crippen molar-refractivity contribution >= 4 is 22.2 Å². The molecule has 2 heterocycles. The molecule has 4 rings (SSSR count). The Morgan fingerprint density at radius 1 is 1.03 bits per heavy atom. The van der Waals surface area contributed by atoms with Gasteiger partial charge in [0.05, 0.1) is 18.2 Å². The molecule has 1 aromatic heterocycles. The molecule has 0 unspecified atom stereocenters. The van der Waals surface area contributed by atoms with Gasteiger partial charge in [-0.1, -0.05) is 18.2 Å². The van der Waals surface area contributed by atoms with E-state index in [1.54, 1.807) is 28.9 Å². The molecule has 0 bridgehead atoms. The highest BCUT2D eigenvalue weighted by Gasteiger charge is 2.28. The van der Waals surface area contributed by atoms with Crippen molar-refractivity contribution in [3.05, 3.63) is 59.4 Å². The molecule has 31 heavy (non-hydrogen) atoms. The van der Waals surface area contributed by atoms with E-state index < -0.39 is 10.0 Å². The summed E-state index contributed by atoms with van der Waals surface area (Å²) in [4.78, 5) is 2.68. The molecule has 1 aliphatic heterocycles. The van der Waals surface area contributed by atoms with Crippen LogP contribution in [0.1, 0.15) is 6.92 Å². The van der Waals surface area contributed by atoms with Gasteiger partial charge in [-0.3, -0.25) is 4.90 Å². The molecule has 2 aromatic carbocycles. The maximum Gasteiger partial charge on any atom is 0.288 e. The molecule has 10 heteroatoms. The maximum absolute atomic E-state index is 13.0. The SMILES string of the molecule is CCOc1ccc(S(=O)(=O)N2CCN(Cn3nc(-c4ccccc4)oc3=S)CC2)cc1. The fourth-order valence-corrected chi connectivity index (χ4v) is 5.02. The molecule has 0 spiro atoms. The summed E-state index contributed by atoms with van der Waals surface area (Å²) in [6, 6.07) is 16.1. The van der Waals surface area contributed by atoms with E-state index in [-0.39, 0.29) is 4.90 Å².